The van der Waals surface area contributed by atoms with Crippen LogP contribution in [-0.4, -0.2) is 5.97 Å². The molecule has 0 aliphatic carbocycles. The number of hydrogen-bond acceptors (Lipinski definition) is 2. The van der Waals surface area contributed by atoms with Crippen molar-refractivity contribution in [1.29, 1.82) is 0 Å². The maximum atomic E-state index is 12.7. The summed E-state index contributed by atoms with van der Waals surface area (Å²) in [6.07, 6.45) is -4.69. The van der Waals surface area contributed by atoms with Crippen molar-refractivity contribution in [2.45, 2.75) is 6.18 Å². The first kappa shape index (κ1) is 14.4. The van der Waals surface area contributed by atoms with E-state index in [-0.39, 0.29) is 35.6 Å². The summed E-state index contributed by atoms with van der Waals surface area (Å²) in [5, 5.41) is 10.2. The Bertz CT molecular complexity index is 375. The maximum absolute atomic E-state index is 12.7. The van der Waals surface area contributed by atoms with Crippen LogP contribution in [0, 0.1) is 5.82 Å². The minimum absolute atomic E-state index is 0. The molecule has 1 aromatic carbocycles. The van der Waals surface area contributed by atoms with Crippen molar-refractivity contribution in [1.82, 2.24) is 0 Å². The van der Waals surface area contributed by atoms with E-state index in [9.17, 15) is 27.5 Å². The second-order valence-electron chi connectivity index (χ2n) is 2.48. The normalized spacial score (nSPS) is 10.7. The second kappa shape index (κ2) is 4.96. The number of carbonyl (C=O) groups is 1. The predicted octanol–water partition coefficient (Wildman–Crippen LogP) is -1.79. The van der Waals surface area contributed by atoms with Gasteiger partial charge in [-0.05, 0) is 18.2 Å². The van der Waals surface area contributed by atoms with Gasteiger partial charge in [0.05, 0.1) is 11.5 Å². The van der Waals surface area contributed by atoms with Crippen molar-refractivity contribution < 1.29 is 57.0 Å². The fraction of sp³-hybridized carbons (Fsp3) is 0.125. The van der Waals surface area contributed by atoms with Crippen molar-refractivity contribution >= 4 is 5.97 Å². The number of carboxylic acid groups (broad SMARTS) is 1. The SMILES string of the molecule is O=C([O-])c1ccc(C(F)(F)F)cc1F.[Na+]. The Hall–Kier alpha value is -0.590. The van der Waals surface area contributed by atoms with Gasteiger partial charge in [0, 0.05) is 5.56 Å². The molecule has 0 radical (unpaired) electrons. The largest absolute Gasteiger partial charge is 1.00 e. The minimum Gasteiger partial charge on any atom is -0.545 e. The molecule has 0 aliphatic heterocycles. The van der Waals surface area contributed by atoms with Crippen molar-refractivity contribution in [3.8, 4) is 0 Å². The molecular weight excluding hydrogens is 227 g/mol. The van der Waals surface area contributed by atoms with Crippen LogP contribution in [0.4, 0.5) is 17.6 Å². The van der Waals surface area contributed by atoms with Gasteiger partial charge in [0.2, 0.25) is 0 Å². The molecule has 7 heteroatoms. The molecule has 0 fully saturated rings. The topological polar surface area (TPSA) is 40.1 Å². The molecule has 0 saturated carbocycles. The zero-order chi connectivity index (χ0) is 10.9. The van der Waals surface area contributed by atoms with E-state index in [0.717, 1.165) is 0 Å². The second-order valence-corrected chi connectivity index (χ2v) is 2.48. The van der Waals surface area contributed by atoms with E-state index in [1.807, 2.05) is 0 Å². The van der Waals surface area contributed by atoms with Gasteiger partial charge in [-0.15, -0.1) is 0 Å². The van der Waals surface area contributed by atoms with Gasteiger partial charge in [0.15, 0.2) is 0 Å². The number of hydrogen-bond donors (Lipinski definition) is 0. The Morgan fingerprint density at radius 2 is 1.80 bits per heavy atom. The van der Waals surface area contributed by atoms with Gasteiger partial charge in [0.1, 0.15) is 5.82 Å². The predicted molar refractivity (Wildman–Crippen MR) is 35.7 cm³/mol. The van der Waals surface area contributed by atoms with Gasteiger partial charge in [0.25, 0.3) is 0 Å². The molecule has 0 aliphatic rings. The number of alkyl halides is 3. The van der Waals surface area contributed by atoms with Gasteiger partial charge < -0.3 is 9.90 Å². The van der Waals surface area contributed by atoms with E-state index < -0.39 is 29.1 Å². The summed E-state index contributed by atoms with van der Waals surface area (Å²) in [7, 11) is 0. The molecule has 0 amide bonds. The number of halogens is 4. The molecule has 0 heterocycles. The Kier molecular flexibility index (Phi) is 4.76. The van der Waals surface area contributed by atoms with E-state index in [1.54, 1.807) is 0 Å². The monoisotopic (exact) mass is 230 g/mol. The van der Waals surface area contributed by atoms with Crippen LogP contribution >= 0.6 is 0 Å². The first-order valence-electron chi connectivity index (χ1n) is 3.40. The molecule has 0 aromatic heterocycles. The summed E-state index contributed by atoms with van der Waals surface area (Å²) in [6.45, 7) is 0. The van der Waals surface area contributed by atoms with Crippen LogP contribution in [0.5, 0.6) is 0 Å². The van der Waals surface area contributed by atoms with Crippen LogP contribution in [0.2, 0.25) is 0 Å². The summed E-state index contributed by atoms with van der Waals surface area (Å²) in [6, 6.07) is 1.12. The fourth-order valence-corrected chi connectivity index (χ4v) is 0.857. The van der Waals surface area contributed by atoms with Crippen LogP contribution in [0.15, 0.2) is 18.2 Å². The summed E-state index contributed by atoms with van der Waals surface area (Å²) >= 11 is 0. The Morgan fingerprint density at radius 3 is 2.13 bits per heavy atom. The molecule has 0 atom stereocenters. The molecule has 0 saturated heterocycles. The van der Waals surface area contributed by atoms with Gasteiger partial charge in [-0.3, -0.25) is 0 Å². The summed E-state index contributed by atoms with van der Waals surface area (Å²) in [4.78, 5) is 10.2. The first-order valence-corrected chi connectivity index (χ1v) is 3.40. The summed E-state index contributed by atoms with van der Waals surface area (Å²) in [5.41, 5.74) is -2.13. The number of carbonyl (C=O) groups excluding carboxylic acids is 1. The van der Waals surface area contributed by atoms with Gasteiger partial charge >= 0.3 is 35.7 Å². The zero-order valence-electron chi connectivity index (χ0n) is 7.56. The molecule has 76 valence electrons. The van der Waals surface area contributed by atoms with E-state index in [1.165, 1.54) is 0 Å². The molecule has 0 unspecified atom stereocenters. The molecule has 0 spiro atoms. The molecule has 1 aromatic rings. The van der Waals surface area contributed by atoms with Crippen LogP contribution in [-0.2, 0) is 6.18 Å². The third kappa shape index (κ3) is 3.48. The van der Waals surface area contributed by atoms with Crippen molar-refractivity contribution in [3.05, 3.63) is 35.1 Å². The average Bonchev–Trinajstić information content (AvgIpc) is 2.01. The quantitative estimate of drug-likeness (QED) is 0.422. The third-order valence-electron chi connectivity index (χ3n) is 1.52. The summed E-state index contributed by atoms with van der Waals surface area (Å²) < 4.78 is 48.6. The van der Waals surface area contributed by atoms with Gasteiger partial charge in [-0.2, -0.15) is 13.2 Å². The number of rotatable bonds is 1. The zero-order valence-corrected chi connectivity index (χ0v) is 9.56. The van der Waals surface area contributed by atoms with Crippen LogP contribution in [0.1, 0.15) is 15.9 Å². The molecule has 0 bridgehead atoms. The number of benzene rings is 1. The molecular formula is C8H3F4NaO2. The van der Waals surface area contributed by atoms with Crippen LogP contribution < -0.4 is 34.7 Å². The van der Waals surface area contributed by atoms with E-state index in [4.69, 9.17) is 0 Å². The smallest absolute Gasteiger partial charge is 0.545 e. The standard InChI is InChI=1S/C8H4F4O2.Na/c9-6-3-4(8(10,11)12)1-2-5(6)7(13)14;/h1-3H,(H,13,14);/q;+1/p-1. The summed E-state index contributed by atoms with van der Waals surface area (Å²) in [5.74, 6) is -3.31. The fourth-order valence-electron chi connectivity index (χ4n) is 0.857. The molecule has 2 nitrogen and oxygen atoms in total. The number of aromatic carboxylic acids is 1. The minimum atomic E-state index is -4.69. The van der Waals surface area contributed by atoms with Crippen molar-refractivity contribution in [2.75, 3.05) is 0 Å². The van der Waals surface area contributed by atoms with E-state index >= 15 is 0 Å². The van der Waals surface area contributed by atoms with Crippen molar-refractivity contribution in [3.63, 3.8) is 0 Å². The maximum Gasteiger partial charge on any atom is 1.00 e. The van der Waals surface area contributed by atoms with E-state index in [2.05, 4.69) is 0 Å². The Labute approximate surface area is 104 Å². The van der Waals surface area contributed by atoms with Crippen molar-refractivity contribution in [2.24, 2.45) is 0 Å². The molecule has 15 heavy (non-hydrogen) atoms. The first-order chi connectivity index (χ1) is 6.32. The Morgan fingerprint density at radius 1 is 1.27 bits per heavy atom. The molecule has 1 rings (SSSR count). The Balaban J connectivity index is 0.00000196. The van der Waals surface area contributed by atoms with Gasteiger partial charge in [-0.1, -0.05) is 0 Å². The third-order valence-corrected chi connectivity index (χ3v) is 1.52. The number of carboxylic acids is 1. The average molecular weight is 230 g/mol. The van der Waals surface area contributed by atoms with E-state index in [0.29, 0.717) is 12.1 Å². The van der Waals surface area contributed by atoms with Gasteiger partial charge in [-0.25, -0.2) is 4.39 Å². The molecule has 0 N–H and O–H groups in total. The van der Waals surface area contributed by atoms with Crippen LogP contribution in [0.3, 0.4) is 0 Å². The van der Waals surface area contributed by atoms with Crippen LogP contribution in [0.25, 0.3) is 0 Å².